The molecule has 0 saturated heterocycles. The molecule has 0 bridgehead atoms. The van der Waals surface area contributed by atoms with E-state index in [1.807, 2.05) is 4.68 Å². The maximum atomic E-state index is 6.13. The van der Waals surface area contributed by atoms with Crippen LogP contribution in [0.3, 0.4) is 0 Å². The van der Waals surface area contributed by atoms with E-state index in [9.17, 15) is 0 Å². The van der Waals surface area contributed by atoms with Gasteiger partial charge in [-0.1, -0.05) is 20.3 Å². The average Bonchev–Trinajstić information content (AvgIpc) is 2.62. The first-order chi connectivity index (χ1) is 7.19. The van der Waals surface area contributed by atoms with Gasteiger partial charge >= 0.3 is 0 Å². The van der Waals surface area contributed by atoms with Gasteiger partial charge in [-0.3, -0.25) is 4.68 Å². The normalized spacial score (nSPS) is 15.2. The zero-order valence-electron chi connectivity index (χ0n) is 9.78. The van der Waals surface area contributed by atoms with Crippen LogP contribution >= 0.6 is 11.6 Å². The van der Waals surface area contributed by atoms with E-state index in [0.29, 0.717) is 5.92 Å². The lowest BCUT2D eigenvalue weighted by atomic mass is 9.99. The van der Waals surface area contributed by atoms with E-state index in [4.69, 9.17) is 11.6 Å². The lowest BCUT2D eigenvalue weighted by molar-refractivity contribution is 0.459. The standard InChI is InChI=1S/C11H20ClN3/c1-4-6-15-11(13-8-14-15)7-10(5-2)9(3)12/h8-10H,4-7H2,1-3H3. The Kier molecular flexibility index (Phi) is 5.09. The van der Waals surface area contributed by atoms with Gasteiger partial charge in [-0.25, -0.2) is 4.98 Å². The number of aryl methyl sites for hydroxylation is 1. The van der Waals surface area contributed by atoms with Gasteiger partial charge in [-0.2, -0.15) is 5.10 Å². The lowest BCUT2D eigenvalue weighted by Gasteiger charge is -2.16. The zero-order chi connectivity index (χ0) is 11.3. The number of hydrogen-bond acceptors (Lipinski definition) is 2. The SMILES string of the molecule is CCCn1ncnc1CC(CC)C(C)Cl. The number of rotatable bonds is 6. The molecule has 1 aromatic rings. The molecule has 0 fully saturated rings. The molecular weight excluding hydrogens is 210 g/mol. The molecule has 0 radical (unpaired) electrons. The second-order valence-electron chi connectivity index (χ2n) is 3.95. The van der Waals surface area contributed by atoms with Crippen LogP contribution in [-0.2, 0) is 13.0 Å². The summed E-state index contributed by atoms with van der Waals surface area (Å²) in [5.41, 5.74) is 0. The van der Waals surface area contributed by atoms with Gasteiger partial charge in [-0.15, -0.1) is 11.6 Å². The van der Waals surface area contributed by atoms with E-state index in [1.165, 1.54) is 0 Å². The van der Waals surface area contributed by atoms with Crippen molar-refractivity contribution in [1.82, 2.24) is 14.8 Å². The van der Waals surface area contributed by atoms with Crippen molar-refractivity contribution in [2.24, 2.45) is 5.92 Å². The summed E-state index contributed by atoms with van der Waals surface area (Å²) in [7, 11) is 0. The van der Waals surface area contributed by atoms with Crippen molar-refractivity contribution in [3.63, 3.8) is 0 Å². The molecule has 0 aliphatic carbocycles. The summed E-state index contributed by atoms with van der Waals surface area (Å²) in [6.45, 7) is 7.32. The van der Waals surface area contributed by atoms with Gasteiger partial charge in [0.15, 0.2) is 0 Å². The molecule has 0 saturated carbocycles. The number of aromatic nitrogens is 3. The minimum absolute atomic E-state index is 0.196. The predicted molar refractivity (Wildman–Crippen MR) is 63.1 cm³/mol. The van der Waals surface area contributed by atoms with Crippen molar-refractivity contribution < 1.29 is 0 Å². The van der Waals surface area contributed by atoms with E-state index in [0.717, 1.165) is 31.6 Å². The average molecular weight is 230 g/mol. The first kappa shape index (κ1) is 12.5. The van der Waals surface area contributed by atoms with Gasteiger partial charge < -0.3 is 0 Å². The van der Waals surface area contributed by atoms with E-state index in [2.05, 4.69) is 30.9 Å². The molecule has 0 aliphatic rings. The highest BCUT2D eigenvalue weighted by Gasteiger charge is 2.16. The third kappa shape index (κ3) is 3.49. The topological polar surface area (TPSA) is 30.7 Å². The zero-order valence-corrected chi connectivity index (χ0v) is 10.5. The van der Waals surface area contributed by atoms with Crippen LogP contribution in [0.2, 0.25) is 0 Å². The summed E-state index contributed by atoms with van der Waals surface area (Å²) in [5, 5.41) is 4.41. The molecule has 0 aromatic carbocycles. The molecule has 86 valence electrons. The van der Waals surface area contributed by atoms with Gasteiger partial charge in [0.25, 0.3) is 0 Å². The van der Waals surface area contributed by atoms with Crippen molar-refractivity contribution in [3.05, 3.63) is 12.2 Å². The Morgan fingerprint density at radius 2 is 2.20 bits per heavy atom. The fourth-order valence-electron chi connectivity index (χ4n) is 1.71. The predicted octanol–water partition coefficient (Wildman–Crippen LogP) is 2.88. The first-order valence-corrected chi connectivity index (χ1v) is 6.13. The molecule has 1 heterocycles. The second-order valence-corrected chi connectivity index (χ2v) is 4.64. The van der Waals surface area contributed by atoms with Gasteiger partial charge in [0.1, 0.15) is 12.2 Å². The van der Waals surface area contributed by atoms with Gasteiger partial charge in [0.2, 0.25) is 0 Å². The van der Waals surface area contributed by atoms with E-state index >= 15 is 0 Å². The van der Waals surface area contributed by atoms with E-state index in [-0.39, 0.29) is 5.38 Å². The summed E-state index contributed by atoms with van der Waals surface area (Å²) < 4.78 is 1.99. The highest BCUT2D eigenvalue weighted by Crippen LogP contribution is 2.18. The molecule has 0 N–H and O–H groups in total. The molecule has 0 spiro atoms. The van der Waals surface area contributed by atoms with Crippen LogP contribution in [-0.4, -0.2) is 20.1 Å². The van der Waals surface area contributed by atoms with Crippen molar-refractivity contribution in [1.29, 1.82) is 0 Å². The summed E-state index contributed by atoms with van der Waals surface area (Å²) in [4.78, 5) is 4.30. The molecular formula is C11H20ClN3. The van der Waals surface area contributed by atoms with Crippen molar-refractivity contribution in [2.45, 2.75) is 52.0 Å². The number of hydrogen-bond donors (Lipinski definition) is 0. The van der Waals surface area contributed by atoms with Crippen molar-refractivity contribution in [2.75, 3.05) is 0 Å². The maximum Gasteiger partial charge on any atom is 0.138 e. The van der Waals surface area contributed by atoms with Gasteiger partial charge in [0.05, 0.1) is 0 Å². The van der Waals surface area contributed by atoms with Crippen LogP contribution in [0.1, 0.15) is 39.4 Å². The quantitative estimate of drug-likeness (QED) is 0.703. The Bertz CT molecular complexity index is 283. The fraction of sp³-hybridized carbons (Fsp3) is 0.818. The Morgan fingerprint density at radius 3 is 2.73 bits per heavy atom. The number of halogens is 1. The minimum Gasteiger partial charge on any atom is -0.250 e. The van der Waals surface area contributed by atoms with Crippen LogP contribution in [0.15, 0.2) is 6.33 Å². The molecule has 2 atom stereocenters. The Labute approximate surface area is 96.8 Å². The Morgan fingerprint density at radius 1 is 1.47 bits per heavy atom. The smallest absolute Gasteiger partial charge is 0.138 e. The largest absolute Gasteiger partial charge is 0.250 e. The van der Waals surface area contributed by atoms with Gasteiger partial charge in [0, 0.05) is 18.3 Å². The molecule has 1 rings (SSSR count). The maximum absolute atomic E-state index is 6.13. The van der Waals surface area contributed by atoms with Crippen LogP contribution in [0.4, 0.5) is 0 Å². The Balaban J connectivity index is 2.65. The third-order valence-corrected chi connectivity index (χ3v) is 3.11. The highest BCUT2D eigenvalue weighted by molar-refractivity contribution is 6.20. The molecule has 1 aromatic heterocycles. The summed E-state index contributed by atoms with van der Waals surface area (Å²) >= 11 is 6.13. The van der Waals surface area contributed by atoms with E-state index in [1.54, 1.807) is 6.33 Å². The summed E-state index contributed by atoms with van der Waals surface area (Å²) in [5.74, 6) is 1.56. The molecule has 4 heteroatoms. The van der Waals surface area contributed by atoms with E-state index < -0.39 is 0 Å². The van der Waals surface area contributed by atoms with Crippen LogP contribution in [0.5, 0.6) is 0 Å². The first-order valence-electron chi connectivity index (χ1n) is 5.69. The third-order valence-electron chi connectivity index (χ3n) is 2.75. The molecule has 2 unspecified atom stereocenters. The van der Waals surface area contributed by atoms with Crippen molar-refractivity contribution in [3.8, 4) is 0 Å². The molecule has 3 nitrogen and oxygen atoms in total. The molecule has 15 heavy (non-hydrogen) atoms. The number of nitrogens with zero attached hydrogens (tertiary/aromatic N) is 3. The molecule has 0 aliphatic heterocycles. The second kappa shape index (κ2) is 6.11. The monoisotopic (exact) mass is 229 g/mol. The summed E-state index contributed by atoms with van der Waals surface area (Å²) in [6, 6.07) is 0. The number of alkyl halides is 1. The van der Waals surface area contributed by atoms with Crippen LogP contribution < -0.4 is 0 Å². The van der Waals surface area contributed by atoms with Crippen molar-refractivity contribution >= 4 is 11.6 Å². The highest BCUT2D eigenvalue weighted by atomic mass is 35.5. The Hall–Kier alpha value is -0.570. The summed E-state index contributed by atoms with van der Waals surface area (Å²) in [6.07, 6.45) is 4.74. The van der Waals surface area contributed by atoms with Crippen LogP contribution in [0.25, 0.3) is 0 Å². The molecule has 0 amide bonds. The van der Waals surface area contributed by atoms with Gasteiger partial charge in [-0.05, 0) is 19.3 Å². The van der Waals surface area contributed by atoms with Crippen LogP contribution in [0, 0.1) is 5.92 Å². The fourth-order valence-corrected chi connectivity index (χ4v) is 1.98. The lowest BCUT2D eigenvalue weighted by Crippen LogP contribution is -2.17. The minimum atomic E-state index is 0.196.